The molecule has 0 bridgehead atoms. The Kier molecular flexibility index (Phi) is 4.83. The first-order valence-corrected chi connectivity index (χ1v) is 5.81. The molecule has 1 aromatic carbocycles. The summed E-state index contributed by atoms with van der Waals surface area (Å²) in [5.74, 6) is -0.125. The maximum Gasteiger partial charge on any atom is 0.128 e. The number of aryl methyl sites for hydroxylation is 1. The second-order valence-electron chi connectivity index (χ2n) is 3.27. The third kappa shape index (κ3) is 3.63. The molecule has 0 spiro atoms. The van der Waals surface area contributed by atoms with Crippen LogP contribution < -0.4 is 5.32 Å². The summed E-state index contributed by atoms with van der Waals surface area (Å²) < 4.78 is 14.0. The Morgan fingerprint density at radius 3 is 2.87 bits per heavy atom. The highest BCUT2D eigenvalue weighted by atomic mass is 79.9. The molecule has 0 aromatic heterocycles. The van der Waals surface area contributed by atoms with Gasteiger partial charge in [0.15, 0.2) is 0 Å². The predicted octanol–water partition coefficient (Wildman–Crippen LogP) is 2.91. The van der Waals surface area contributed by atoms with E-state index in [4.69, 9.17) is 11.6 Å². The summed E-state index contributed by atoms with van der Waals surface area (Å²) >= 11 is 8.75. The molecule has 0 heterocycles. The van der Waals surface area contributed by atoms with Crippen LogP contribution >= 0.6 is 27.5 Å². The van der Waals surface area contributed by atoms with Crippen LogP contribution in [0.5, 0.6) is 0 Å². The fourth-order valence-corrected chi connectivity index (χ4v) is 1.77. The molecule has 15 heavy (non-hydrogen) atoms. The SMILES string of the molecule is Cc1cc(Br)c(NCC(O)CCl)cc1F. The van der Waals surface area contributed by atoms with Gasteiger partial charge in [-0.15, -0.1) is 11.6 Å². The van der Waals surface area contributed by atoms with Crippen LogP contribution in [0.25, 0.3) is 0 Å². The van der Waals surface area contributed by atoms with Gasteiger partial charge in [-0.1, -0.05) is 0 Å². The number of rotatable bonds is 4. The van der Waals surface area contributed by atoms with Gasteiger partial charge in [-0.25, -0.2) is 4.39 Å². The number of anilines is 1. The maximum absolute atomic E-state index is 13.2. The molecule has 1 atom stereocenters. The van der Waals surface area contributed by atoms with E-state index in [1.165, 1.54) is 6.07 Å². The topological polar surface area (TPSA) is 32.3 Å². The molecule has 2 N–H and O–H groups in total. The highest BCUT2D eigenvalue weighted by Crippen LogP contribution is 2.25. The first-order chi connectivity index (χ1) is 7.04. The number of halogens is 3. The van der Waals surface area contributed by atoms with E-state index in [2.05, 4.69) is 21.2 Å². The van der Waals surface area contributed by atoms with Crippen molar-refractivity contribution in [3.8, 4) is 0 Å². The molecule has 2 nitrogen and oxygen atoms in total. The molecule has 0 aliphatic rings. The Hall–Kier alpha value is -0.320. The summed E-state index contributed by atoms with van der Waals surface area (Å²) in [6.07, 6.45) is -0.636. The Balaban J connectivity index is 2.73. The van der Waals surface area contributed by atoms with Crippen molar-refractivity contribution in [1.29, 1.82) is 0 Å². The van der Waals surface area contributed by atoms with E-state index in [9.17, 15) is 9.50 Å². The molecule has 84 valence electrons. The predicted molar refractivity (Wildman–Crippen MR) is 64.1 cm³/mol. The number of hydrogen-bond donors (Lipinski definition) is 2. The van der Waals surface area contributed by atoms with E-state index in [0.29, 0.717) is 17.8 Å². The van der Waals surface area contributed by atoms with Gasteiger partial charge >= 0.3 is 0 Å². The van der Waals surface area contributed by atoms with Gasteiger partial charge in [-0.2, -0.15) is 0 Å². The van der Waals surface area contributed by atoms with Gasteiger partial charge in [-0.3, -0.25) is 0 Å². The Labute approximate surface area is 102 Å². The standard InChI is InChI=1S/C10H12BrClFNO/c1-6-2-8(11)10(3-9(6)13)14-5-7(15)4-12/h2-3,7,14-15H,4-5H2,1H3. The number of nitrogens with one attached hydrogen (secondary N) is 1. The quantitative estimate of drug-likeness (QED) is 0.837. The summed E-state index contributed by atoms with van der Waals surface area (Å²) in [4.78, 5) is 0. The van der Waals surface area contributed by atoms with Crippen LogP contribution in [-0.4, -0.2) is 23.6 Å². The van der Waals surface area contributed by atoms with Crippen LogP contribution in [0.15, 0.2) is 16.6 Å². The maximum atomic E-state index is 13.2. The van der Waals surface area contributed by atoms with Gasteiger partial charge < -0.3 is 10.4 Å². The van der Waals surface area contributed by atoms with Gasteiger partial charge in [-0.05, 0) is 40.5 Å². The number of hydrogen-bond acceptors (Lipinski definition) is 2. The van der Waals surface area contributed by atoms with Crippen LogP contribution in [0.4, 0.5) is 10.1 Å². The molecule has 0 saturated heterocycles. The third-order valence-corrected chi connectivity index (χ3v) is 2.97. The monoisotopic (exact) mass is 295 g/mol. The Bertz CT molecular complexity index is 348. The number of aliphatic hydroxyl groups is 1. The van der Waals surface area contributed by atoms with E-state index in [0.717, 1.165) is 4.47 Å². The minimum atomic E-state index is -0.636. The third-order valence-electron chi connectivity index (χ3n) is 1.95. The molecule has 1 rings (SSSR count). The van der Waals surface area contributed by atoms with Crippen molar-refractivity contribution in [2.24, 2.45) is 0 Å². The molecule has 0 aliphatic carbocycles. The molecule has 0 saturated carbocycles. The van der Waals surface area contributed by atoms with Crippen molar-refractivity contribution in [3.63, 3.8) is 0 Å². The van der Waals surface area contributed by atoms with E-state index in [1.807, 2.05) is 0 Å². The second-order valence-corrected chi connectivity index (χ2v) is 4.43. The minimum Gasteiger partial charge on any atom is -0.390 e. The largest absolute Gasteiger partial charge is 0.390 e. The average Bonchev–Trinajstić information content (AvgIpc) is 2.21. The van der Waals surface area contributed by atoms with Crippen molar-refractivity contribution in [3.05, 3.63) is 28.0 Å². The van der Waals surface area contributed by atoms with Gasteiger partial charge in [0.1, 0.15) is 5.82 Å². The summed E-state index contributed by atoms with van der Waals surface area (Å²) in [6, 6.07) is 3.07. The van der Waals surface area contributed by atoms with E-state index >= 15 is 0 Å². The molecule has 0 amide bonds. The lowest BCUT2D eigenvalue weighted by Crippen LogP contribution is -2.21. The Morgan fingerprint density at radius 1 is 1.60 bits per heavy atom. The first kappa shape index (κ1) is 12.7. The molecule has 1 unspecified atom stereocenters. The van der Waals surface area contributed by atoms with Gasteiger partial charge in [0, 0.05) is 11.0 Å². The van der Waals surface area contributed by atoms with E-state index < -0.39 is 6.10 Å². The smallest absolute Gasteiger partial charge is 0.128 e. The fourth-order valence-electron chi connectivity index (χ4n) is 1.06. The number of aliphatic hydroxyl groups excluding tert-OH is 1. The molecule has 5 heteroatoms. The summed E-state index contributed by atoms with van der Waals surface area (Å²) in [5, 5.41) is 12.1. The molecular weight excluding hydrogens is 284 g/mol. The Morgan fingerprint density at radius 2 is 2.27 bits per heavy atom. The van der Waals surface area contributed by atoms with Crippen LogP contribution in [-0.2, 0) is 0 Å². The van der Waals surface area contributed by atoms with Crippen molar-refractivity contribution in [1.82, 2.24) is 0 Å². The number of benzene rings is 1. The molecule has 0 aliphatic heterocycles. The summed E-state index contributed by atoms with van der Waals surface area (Å²) in [6.45, 7) is 1.99. The highest BCUT2D eigenvalue weighted by molar-refractivity contribution is 9.10. The molecule has 1 aromatic rings. The van der Waals surface area contributed by atoms with Crippen molar-refractivity contribution in [2.45, 2.75) is 13.0 Å². The zero-order chi connectivity index (χ0) is 11.4. The van der Waals surface area contributed by atoms with Crippen molar-refractivity contribution in [2.75, 3.05) is 17.7 Å². The van der Waals surface area contributed by atoms with E-state index in [1.54, 1.807) is 13.0 Å². The lowest BCUT2D eigenvalue weighted by Gasteiger charge is -2.12. The van der Waals surface area contributed by atoms with Gasteiger partial charge in [0.25, 0.3) is 0 Å². The zero-order valence-electron chi connectivity index (χ0n) is 8.23. The molecule has 0 radical (unpaired) electrons. The number of alkyl halides is 1. The lowest BCUT2D eigenvalue weighted by atomic mass is 10.2. The van der Waals surface area contributed by atoms with Gasteiger partial charge in [0.05, 0.1) is 17.7 Å². The van der Waals surface area contributed by atoms with Crippen LogP contribution in [0.2, 0.25) is 0 Å². The second kappa shape index (κ2) is 5.68. The van der Waals surface area contributed by atoms with E-state index in [-0.39, 0.29) is 11.7 Å². The van der Waals surface area contributed by atoms with Crippen molar-refractivity contribution >= 4 is 33.2 Å². The molecule has 0 fully saturated rings. The lowest BCUT2D eigenvalue weighted by molar-refractivity contribution is 0.211. The zero-order valence-corrected chi connectivity index (χ0v) is 10.6. The van der Waals surface area contributed by atoms with Gasteiger partial charge in [0.2, 0.25) is 0 Å². The average molecular weight is 297 g/mol. The van der Waals surface area contributed by atoms with Crippen molar-refractivity contribution < 1.29 is 9.50 Å². The fraction of sp³-hybridized carbons (Fsp3) is 0.400. The molecular formula is C10H12BrClFNO. The van der Waals surface area contributed by atoms with Crippen LogP contribution in [0.3, 0.4) is 0 Å². The van der Waals surface area contributed by atoms with Crippen LogP contribution in [0.1, 0.15) is 5.56 Å². The highest BCUT2D eigenvalue weighted by Gasteiger charge is 2.07. The summed E-state index contributed by atoms with van der Waals surface area (Å²) in [5.41, 5.74) is 1.19. The van der Waals surface area contributed by atoms with Crippen LogP contribution in [0, 0.1) is 12.7 Å². The minimum absolute atomic E-state index is 0.152. The summed E-state index contributed by atoms with van der Waals surface area (Å²) in [7, 11) is 0. The first-order valence-electron chi connectivity index (χ1n) is 4.48. The normalized spacial score (nSPS) is 12.6.